The summed E-state index contributed by atoms with van der Waals surface area (Å²) in [6, 6.07) is 5.59. The Bertz CT molecular complexity index is 996. The van der Waals surface area contributed by atoms with E-state index in [0.717, 1.165) is 51.1 Å². The van der Waals surface area contributed by atoms with Crippen LogP contribution in [-0.4, -0.2) is 78.8 Å². The van der Waals surface area contributed by atoms with Crippen LogP contribution in [0, 0.1) is 23.1 Å². The van der Waals surface area contributed by atoms with Crippen molar-refractivity contribution in [2.24, 2.45) is 5.92 Å². The Balaban J connectivity index is 1.41. The van der Waals surface area contributed by atoms with Crippen LogP contribution in [0.4, 0.5) is 14.9 Å². The smallest absolute Gasteiger partial charge is 0.411 e. The summed E-state index contributed by atoms with van der Waals surface area (Å²) in [5, 5.41) is 12.5. The van der Waals surface area contributed by atoms with E-state index in [9.17, 15) is 19.2 Å². The number of likely N-dealkylation sites (N-methyl/N-ethyl adjacent to an activating group) is 1. The zero-order chi connectivity index (χ0) is 25.3. The molecule has 0 aromatic heterocycles. The number of nitrogens with one attached hydrogen (secondary N) is 1. The van der Waals surface area contributed by atoms with Crippen molar-refractivity contribution in [3.05, 3.63) is 29.6 Å². The van der Waals surface area contributed by atoms with Gasteiger partial charge in [0.2, 0.25) is 5.91 Å². The van der Waals surface area contributed by atoms with Gasteiger partial charge in [-0.1, -0.05) is 6.07 Å². The van der Waals surface area contributed by atoms with Crippen LogP contribution in [-0.2, 0) is 16.0 Å². The van der Waals surface area contributed by atoms with Crippen LogP contribution >= 0.6 is 0 Å². The van der Waals surface area contributed by atoms with Gasteiger partial charge in [-0.05, 0) is 70.7 Å². The summed E-state index contributed by atoms with van der Waals surface area (Å²) in [5.41, 5.74) is 0.543. The number of hydrogen-bond donors (Lipinski definition) is 1. The van der Waals surface area contributed by atoms with Gasteiger partial charge in [0.25, 0.3) is 0 Å². The maximum atomic E-state index is 14.9. The number of nitrogens with zero attached hydrogens (tertiary/aromatic N) is 4. The van der Waals surface area contributed by atoms with Gasteiger partial charge in [0.1, 0.15) is 23.5 Å². The maximum absolute atomic E-state index is 14.9. The van der Waals surface area contributed by atoms with E-state index in [2.05, 4.69) is 28.2 Å². The van der Waals surface area contributed by atoms with Gasteiger partial charge in [0.15, 0.2) is 0 Å². The minimum atomic E-state index is -0.897. The van der Waals surface area contributed by atoms with E-state index in [-0.39, 0.29) is 30.1 Å². The van der Waals surface area contributed by atoms with E-state index < -0.39 is 23.8 Å². The van der Waals surface area contributed by atoms with Crippen molar-refractivity contribution < 1.29 is 18.7 Å². The number of carbonyl (C=O) groups excluding carboxylic acids is 2. The predicted molar refractivity (Wildman–Crippen MR) is 130 cm³/mol. The van der Waals surface area contributed by atoms with Crippen molar-refractivity contribution in [3.63, 3.8) is 0 Å². The van der Waals surface area contributed by atoms with Gasteiger partial charge in [0.05, 0.1) is 6.07 Å². The molecule has 3 fully saturated rings. The Morgan fingerprint density at radius 3 is 2.57 bits per heavy atom. The van der Waals surface area contributed by atoms with Crippen molar-refractivity contribution >= 4 is 17.7 Å². The molecular formula is C26H36FN5O3. The number of nitriles is 1. The molecule has 3 aliphatic rings. The van der Waals surface area contributed by atoms with E-state index in [4.69, 9.17) is 4.74 Å². The van der Waals surface area contributed by atoms with Gasteiger partial charge in [-0.3, -0.25) is 9.69 Å². The molecule has 0 spiro atoms. The number of piperidine rings is 1. The monoisotopic (exact) mass is 485 g/mol. The standard InChI is InChI=1S/C26H36FN5O3/c1-26(2,3)35-25(34)32-21-8-6-18(14-21)23(32)24(33)29-19(16-28)13-17-5-7-20(15-22(17)27)31-11-9-30(4)10-12-31/h5,7,15,18-19,21,23H,6,8-14H2,1-4H3,(H,29,33)/t18-,19-,21+,23-/m0/s1. The van der Waals surface area contributed by atoms with Gasteiger partial charge in [-0.15, -0.1) is 0 Å². The molecule has 9 heteroatoms. The van der Waals surface area contributed by atoms with Crippen LogP contribution in [0.3, 0.4) is 0 Å². The molecule has 8 nitrogen and oxygen atoms in total. The van der Waals surface area contributed by atoms with Crippen molar-refractivity contribution in [3.8, 4) is 6.07 Å². The Hall–Kier alpha value is -2.86. The topological polar surface area (TPSA) is 88.9 Å². The third kappa shape index (κ3) is 5.69. The number of ether oxygens (including phenoxy) is 1. The quantitative estimate of drug-likeness (QED) is 0.690. The molecule has 4 atom stereocenters. The Labute approximate surface area is 207 Å². The normalized spacial score (nSPS) is 25.3. The highest BCUT2D eigenvalue weighted by Crippen LogP contribution is 2.43. The van der Waals surface area contributed by atoms with E-state index in [1.165, 1.54) is 6.07 Å². The van der Waals surface area contributed by atoms with Crippen molar-refractivity contribution in [1.82, 2.24) is 15.1 Å². The molecule has 4 rings (SSSR count). The molecular weight excluding hydrogens is 449 g/mol. The molecule has 2 bridgehead atoms. The zero-order valence-electron chi connectivity index (χ0n) is 21.1. The molecule has 0 unspecified atom stereocenters. The molecule has 2 heterocycles. The second-order valence-electron chi connectivity index (χ2n) is 11.0. The highest BCUT2D eigenvalue weighted by atomic mass is 19.1. The number of likely N-dealkylation sites (tertiary alicyclic amines) is 1. The average molecular weight is 486 g/mol. The van der Waals surface area contributed by atoms with Crippen LogP contribution in [0.25, 0.3) is 0 Å². The summed E-state index contributed by atoms with van der Waals surface area (Å²) >= 11 is 0. The lowest BCUT2D eigenvalue weighted by Crippen LogP contribution is -2.55. The number of carbonyl (C=O) groups is 2. The van der Waals surface area contributed by atoms with E-state index in [1.807, 2.05) is 6.07 Å². The van der Waals surface area contributed by atoms with E-state index in [0.29, 0.717) is 5.56 Å². The fourth-order valence-electron chi connectivity index (χ4n) is 5.47. The fraction of sp³-hybridized carbons (Fsp3) is 0.654. The average Bonchev–Trinajstić information content (AvgIpc) is 3.41. The fourth-order valence-corrected chi connectivity index (χ4v) is 5.47. The SMILES string of the molecule is CN1CCN(c2ccc(C[C@@H](C#N)NC(=O)[C@@H]3[C@H]4CC[C@H](C4)N3C(=O)OC(C)(C)C)c(F)c2)CC1. The van der Waals surface area contributed by atoms with Crippen LogP contribution in [0.2, 0.25) is 0 Å². The lowest BCUT2D eigenvalue weighted by atomic mass is 9.97. The first kappa shape index (κ1) is 25.2. The summed E-state index contributed by atoms with van der Waals surface area (Å²) in [4.78, 5) is 32.0. The Morgan fingerprint density at radius 1 is 1.23 bits per heavy atom. The first-order chi connectivity index (χ1) is 16.6. The van der Waals surface area contributed by atoms with Crippen molar-refractivity contribution in [2.45, 2.75) is 70.2 Å². The van der Waals surface area contributed by atoms with Crippen LogP contribution in [0.15, 0.2) is 18.2 Å². The molecule has 1 saturated carbocycles. The third-order valence-corrected chi connectivity index (χ3v) is 7.26. The van der Waals surface area contributed by atoms with E-state index >= 15 is 0 Å². The highest BCUT2D eigenvalue weighted by Gasteiger charge is 2.52. The lowest BCUT2D eigenvalue weighted by molar-refractivity contribution is -0.128. The number of piperazine rings is 1. The molecule has 1 aromatic carbocycles. The number of halogens is 1. The number of anilines is 1. The number of hydrogen-bond acceptors (Lipinski definition) is 6. The summed E-state index contributed by atoms with van der Waals surface area (Å²) in [6.45, 7) is 8.91. The third-order valence-electron chi connectivity index (χ3n) is 7.26. The summed E-state index contributed by atoms with van der Waals surface area (Å²) in [5.74, 6) is -0.707. The lowest BCUT2D eigenvalue weighted by Gasteiger charge is -2.35. The predicted octanol–water partition coefficient (Wildman–Crippen LogP) is 2.92. The van der Waals surface area contributed by atoms with Gasteiger partial charge >= 0.3 is 6.09 Å². The minimum Gasteiger partial charge on any atom is -0.444 e. The van der Waals surface area contributed by atoms with Crippen LogP contribution in [0.5, 0.6) is 0 Å². The van der Waals surface area contributed by atoms with Crippen LogP contribution < -0.4 is 10.2 Å². The Morgan fingerprint density at radius 2 is 1.94 bits per heavy atom. The molecule has 1 N–H and O–H groups in total. The second kappa shape index (κ2) is 10.0. The molecule has 2 saturated heterocycles. The van der Waals surface area contributed by atoms with Crippen LogP contribution in [0.1, 0.15) is 45.6 Å². The van der Waals surface area contributed by atoms with Gasteiger partial charge in [-0.2, -0.15) is 5.26 Å². The van der Waals surface area contributed by atoms with Gasteiger partial charge in [0, 0.05) is 44.3 Å². The van der Waals surface area contributed by atoms with Crippen molar-refractivity contribution in [2.75, 3.05) is 38.1 Å². The first-order valence-electron chi connectivity index (χ1n) is 12.5. The van der Waals surface area contributed by atoms with Crippen molar-refractivity contribution in [1.29, 1.82) is 5.26 Å². The molecule has 1 aliphatic carbocycles. The largest absolute Gasteiger partial charge is 0.444 e. The van der Waals surface area contributed by atoms with Gasteiger partial charge in [-0.25, -0.2) is 9.18 Å². The zero-order valence-corrected chi connectivity index (χ0v) is 21.1. The highest BCUT2D eigenvalue weighted by molar-refractivity contribution is 5.87. The second-order valence-corrected chi connectivity index (χ2v) is 11.0. The summed E-state index contributed by atoms with van der Waals surface area (Å²) in [6.07, 6.45) is 2.03. The number of fused-ring (bicyclic) bond motifs is 2. The molecule has 35 heavy (non-hydrogen) atoms. The summed E-state index contributed by atoms with van der Waals surface area (Å²) < 4.78 is 20.5. The number of amides is 2. The molecule has 2 amide bonds. The number of benzene rings is 1. The Kier molecular flexibility index (Phi) is 7.22. The molecule has 1 aromatic rings. The van der Waals surface area contributed by atoms with E-state index in [1.54, 1.807) is 31.7 Å². The molecule has 0 radical (unpaired) electrons. The minimum absolute atomic E-state index is 0.0225. The summed E-state index contributed by atoms with van der Waals surface area (Å²) in [7, 11) is 2.07. The first-order valence-corrected chi connectivity index (χ1v) is 12.5. The molecule has 2 aliphatic heterocycles. The number of rotatable bonds is 5. The maximum Gasteiger partial charge on any atom is 0.411 e. The molecule has 190 valence electrons. The van der Waals surface area contributed by atoms with Gasteiger partial charge < -0.3 is 19.9 Å².